The van der Waals surface area contributed by atoms with Crippen LogP contribution in [0.2, 0.25) is 0 Å². The van der Waals surface area contributed by atoms with E-state index in [4.69, 9.17) is 4.74 Å². The van der Waals surface area contributed by atoms with Crippen LogP contribution in [0.25, 0.3) is 27.9 Å². The number of anilines is 2. The van der Waals surface area contributed by atoms with Crippen LogP contribution in [0.1, 0.15) is 6.42 Å². The average molecular weight is 520 g/mol. The van der Waals surface area contributed by atoms with Crippen molar-refractivity contribution in [1.82, 2.24) is 34.0 Å². The van der Waals surface area contributed by atoms with Gasteiger partial charge in [-0.2, -0.15) is 18.2 Å². The molecule has 14 heteroatoms. The molecule has 6 rings (SSSR count). The summed E-state index contributed by atoms with van der Waals surface area (Å²) in [4.78, 5) is 15.2. The minimum atomic E-state index is -4.40. The number of likely N-dealkylation sites (tertiary alicyclic amines) is 1. The maximum absolute atomic E-state index is 15.0. The zero-order chi connectivity index (χ0) is 25.7. The summed E-state index contributed by atoms with van der Waals surface area (Å²) in [5.41, 5.74) is 2.18. The summed E-state index contributed by atoms with van der Waals surface area (Å²) < 4.78 is 61.7. The molecule has 4 aromatic rings. The van der Waals surface area contributed by atoms with Crippen LogP contribution < -0.4 is 10.6 Å². The lowest BCUT2D eigenvalue weighted by molar-refractivity contribution is -0.140. The molecule has 0 radical (unpaired) electrons. The number of imidazole rings is 1. The summed E-state index contributed by atoms with van der Waals surface area (Å²) in [6.45, 7) is 1.22. The number of pyridine rings is 1. The molecule has 2 aliphatic heterocycles. The number of nitrogens with one attached hydrogen (secondary N) is 2. The van der Waals surface area contributed by atoms with Gasteiger partial charge in [0.05, 0.1) is 37.3 Å². The lowest BCUT2D eigenvalue weighted by Gasteiger charge is -2.42. The maximum atomic E-state index is 15.0. The summed E-state index contributed by atoms with van der Waals surface area (Å²) in [7, 11) is 1.70. The number of piperidine rings is 1. The van der Waals surface area contributed by atoms with E-state index in [1.807, 2.05) is 0 Å². The molecule has 2 aliphatic rings. The fourth-order valence-corrected chi connectivity index (χ4v) is 4.89. The van der Waals surface area contributed by atoms with E-state index in [2.05, 4.69) is 35.6 Å². The molecule has 2 atom stereocenters. The van der Waals surface area contributed by atoms with Crippen LogP contribution in [0.5, 0.6) is 0 Å². The van der Waals surface area contributed by atoms with Crippen LogP contribution in [0.15, 0.2) is 30.7 Å². The predicted molar refractivity (Wildman–Crippen MR) is 128 cm³/mol. The number of ether oxygens (including phenoxy) is 1. The van der Waals surface area contributed by atoms with E-state index in [0.717, 1.165) is 17.4 Å². The Morgan fingerprint density at radius 1 is 1.16 bits per heavy atom. The van der Waals surface area contributed by atoms with Crippen molar-refractivity contribution in [2.24, 2.45) is 0 Å². The monoisotopic (exact) mass is 519 g/mol. The smallest absolute Gasteiger partial charge is 0.378 e. The van der Waals surface area contributed by atoms with E-state index in [9.17, 15) is 17.6 Å². The fourth-order valence-electron chi connectivity index (χ4n) is 4.89. The first kappa shape index (κ1) is 23.9. The Morgan fingerprint density at radius 2 is 2.00 bits per heavy atom. The van der Waals surface area contributed by atoms with Gasteiger partial charge in [-0.25, -0.2) is 18.9 Å². The van der Waals surface area contributed by atoms with E-state index in [1.54, 1.807) is 36.0 Å². The molecule has 0 spiro atoms. The van der Waals surface area contributed by atoms with Crippen molar-refractivity contribution in [3.05, 3.63) is 30.7 Å². The van der Waals surface area contributed by atoms with Crippen molar-refractivity contribution in [3.63, 3.8) is 0 Å². The van der Waals surface area contributed by atoms with Gasteiger partial charge < -0.3 is 19.9 Å². The molecule has 4 aromatic heterocycles. The highest BCUT2D eigenvalue weighted by molar-refractivity contribution is 5.89. The van der Waals surface area contributed by atoms with Crippen LogP contribution in [0.3, 0.4) is 0 Å². The summed E-state index contributed by atoms with van der Waals surface area (Å²) in [6, 6.07) is 4.97. The number of rotatable bonds is 6. The van der Waals surface area contributed by atoms with Crippen LogP contribution in [-0.2, 0) is 11.3 Å². The topological polar surface area (TPSA) is 97.4 Å². The number of aromatic nitrogens is 6. The number of alkyl halides is 4. The van der Waals surface area contributed by atoms with Gasteiger partial charge in [0.25, 0.3) is 0 Å². The first-order valence-corrected chi connectivity index (χ1v) is 12.0. The quantitative estimate of drug-likeness (QED) is 0.376. The van der Waals surface area contributed by atoms with Crippen molar-refractivity contribution in [2.75, 3.05) is 44.0 Å². The van der Waals surface area contributed by atoms with Gasteiger partial charge in [-0.05, 0) is 24.6 Å². The molecular weight excluding hydrogens is 494 g/mol. The number of fused-ring (bicyclic) bond motifs is 2. The minimum absolute atomic E-state index is 0.133. The van der Waals surface area contributed by atoms with Crippen LogP contribution in [0.4, 0.5) is 29.3 Å². The van der Waals surface area contributed by atoms with Crippen LogP contribution >= 0.6 is 0 Å². The third kappa shape index (κ3) is 4.55. The highest BCUT2D eigenvalue weighted by Crippen LogP contribution is 2.31. The Hall–Kier alpha value is -3.52. The summed E-state index contributed by atoms with van der Waals surface area (Å²) >= 11 is 0. The van der Waals surface area contributed by atoms with Gasteiger partial charge in [-0.3, -0.25) is 4.90 Å². The second kappa shape index (κ2) is 9.10. The van der Waals surface area contributed by atoms with Gasteiger partial charge in [-0.15, -0.1) is 5.10 Å². The largest absolute Gasteiger partial charge is 0.406 e. The molecule has 37 heavy (non-hydrogen) atoms. The first-order valence-electron chi connectivity index (χ1n) is 12.0. The number of halogens is 4. The lowest BCUT2D eigenvalue weighted by atomic mass is 10.0. The van der Waals surface area contributed by atoms with Crippen molar-refractivity contribution in [3.8, 4) is 11.3 Å². The Morgan fingerprint density at radius 3 is 2.70 bits per heavy atom. The maximum Gasteiger partial charge on any atom is 0.406 e. The zero-order valence-electron chi connectivity index (χ0n) is 19.9. The zero-order valence-corrected chi connectivity index (χ0v) is 19.9. The van der Waals surface area contributed by atoms with E-state index < -0.39 is 24.9 Å². The highest BCUT2D eigenvalue weighted by Gasteiger charge is 2.36. The Labute approximate surface area is 208 Å². The summed E-state index contributed by atoms with van der Waals surface area (Å²) in [5, 5.41) is 10.7. The van der Waals surface area contributed by atoms with Crippen molar-refractivity contribution in [2.45, 2.75) is 37.4 Å². The van der Waals surface area contributed by atoms with Crippen LogP contribution in [-0.4, -0.2) is 91.8 Å². The highest BCUT2D eigenvalue weighted by atomic mass is 19.4. The lowest BCUT2D eigenvalue weighted by Crippen LogP contribution is -2.57. The molecule has 0 aromatic carbocycles. The van der Waals surface area contributed by atoms with E-state index >= 15 is 0 Å². The number of hydrogen-bond acceptors (Lipinski definition) is 8. The molecule has 0 saturated carbocycles. The van der Waals surface area contributed by atoms with Gasteiger partial charge in [0.1, 0.15) is 23.7 Å². The van der Waals surface area contributed by atoms with E-state index in [-0.39, 0.29) is 11.6 Å². The van der Waals surface area contributed by atoms with E-state index in [0.29, 0.717) is 60.3 Å². The third-order valence-corrected chi connectivity index (χ3v) is 6.86. The molecule has 2 saturated heterocycles. The molecule has 196 valence electrons. The fraction of sp³-hybridized carbons (Fsp3) is 0.478. The SMILES string of the molecule is CNc1nc(N[C@H]2CCN(C3COC3)C[C@H]2F)nn2ccc(-c3ccc4ncn(CC(F)(F)F)c4n3)c12. The molecule has 2 fully saturated rings. The minimum Gasteiger partial charge on any atom is -0.378 e. The normalized spacial score (nSPS) is 21.4. The summed E-state index contributed by atoms with van der Waals surface area (Å²) in [6.07, 6.45) is -2.02. The van der Waals surface area contributed by atoms with E-state index in [1.165, 1.54) is 0 Å². The molecule has 0 amide bonds. The average Bonchev–Trinajstić information content (AvgIpc) is 3.42. The van der Waals surface area contributed by atoms with Crippen molar-refractivity contribution in [1.29, 1.82) is 0 Å². The van der Waals surface area contributed by atoms with Crippen molar-refractivity contribution < 1.29 is 22.3 Å². The van der Waals surface area contributed by atoms with Gasteiger partial charge in [-0.1, -0.05) is 0 Å². The van der Waals surface area contributed by atoms with Gasteiger partial charge in [0.15, 0.2) is 11.5 Å². The molecule has 2 N–H and O–H groups in total. The van der Waals surface area contributed by atoms with Gasteiger partial charge >= 0.3 is 6.18 Å². The second-order valence-electron chi connectivity index (χ2n) is 9.33. The Balaban J connectivity index is 1.28. The Kier molecular flexibility index (Phi) is 5.87. The first-order chi connectivity index (χ1) is 17.8. The second-order valence-corrected chi connectivity index (χ2v) is 9.33. The van der Waals surface area contributed by atoms with Crippen molar-refractivity contribution >= 4 is 28.4 Å². The molecular formula is C23H25F4N9O. The standard InChI is InChI=1S/C23H25F4N9O/c1-28-20-19-14(16-2-3-18-21(30-16)35(12-29-18)11-23(25,26)27)4-7-36(19)33-22(32-20)31-17-5-6-34(8-15(17)24)13-9-37-10-13/h2-4,7,12-13,15,17H,5-6,8-11H2,1H3,(H2,28,31,32,33)/t15-,17+/m1/s1. The number of hydrogen-bond donors (Lipinski definition) is 2. The predicted octanol–water partition coefficient (Wildman–Crippen LogP) is 2.97. The van der Waals surface area contributed by atoms with Crippen LogP contribution in [0, 0.1) is 0 Å². The van der Waals surface area contributed by atoms with Gasteiger partial charge in [0, 0.05) is 31.9 Å². The molecule has 6 heterocycles. The molecule has 0 aliphatic carbocycles. The Bertz CT molecular complexity index is 1430. The molecule has 10 nitrogen and oxygen atoms in total. The molecule has 0 bridgehead atoms. The molecule has 0 unspecified atom stereocenters. The van der Waals surface area contributed by atoms with Gasteiger partial charge in [0.2, 0.25) is 5.95 Å². The third-order valence-electron chi connectivity index (χ3n) is 6.86. The number of nitrogens with zero attached hydrogens (tertiary/aromatic N) is 7. The summed E-state index contributed by atoms with van der Waals surface area (Å²) in [5.74, 6) is 0.751.